The quantitative estimate of drug-likeness (QED) is 0.838. The van der Waals surface area contributed by atoms with E-state index in [9.17, 15) is 4.79 Å². The first-order chi connectivity index (χ1) is 9.79. The Bertz CT molecular complexity index is 484. The number of aryl methyl sites for hydroxylation is 1. The smallest absolute Gasteiger partial charge is 0.227 e. The van der Waals surface area contributed by atoms with Gasteiger partial charge >= 0.3 is 0 Å². The van der Waals surface area contributed by atoms with Crippen LogP contribution in [-0.2, 0) is 4.79 Å². The number of rotatable bonds is 2. The number of aromatic nitrogens is 2. The second-order valence-electron chi connectivity index (χ2n) is 6.94. The lowest BCUT2D eigenvalue weighted by Gasteiger charge is -2.39. The van der Waals surface area contributed by atoms with E-state index in [-0.39, 0.29) is 11.3 Å². The van der Waals surface area contributed by atoms with Gasteiger partial charge in [0, 0.05) is 44.0 Å². The number of carbonyl (C=O) groups excluding carboxylic acids is 1. The van der Waals surface area contributed by atoms with Crippen LogP contribution in [0.3, 0.4) is 0 Å². The summed E-state index contributed by atoms with van der Waals surface area (Å²) in [6.45, 7) is 9.71. The minimum absolute atomic E-state index is 0.215. The zero-order chi connectivity index (χ0) is 15.6. The van der Waals surface area contributed by atoms with Gasteiger partial charge in [-0.05, 0) is 25.3 Å². The van der Waals surface area contributed by atoms with Crippen LogP contribution in [0.15, 0.2) is 12.4 Å². The van der Waals surface area contributed by atoms with E-state index in [1.54, 1.807) is 0 Å². The predicted octanol–water partition coefficient (Wildman–Crippen LogP) is 2.26. The van der Waals surface area contributed by atoms with Gasteiger partial charge in [-0.3, -0.25) is 4.79 Å². The number of amides is 1. The highest BCUT2D eigenvalue weighted by Gasteiger charge is 2.31. The summed E-state index contributed by atoms with van der Waals surface area (Å²) in [7, 11) is 1.93. The van der Waals surface area contributed by atoms with Crippen LogP contribution in [0.5, 0.6) is 0 Å². The minimum Gasteiger partial charge on any atom is -0.342 e. The number of carbonyl (C=O) groups is 1. The summed E-state index contributed by atoms with van der Waals surface area (Å²) in [4.78, 5) is 25.2. The molecule has 1 fully saturated rings. The molecule has 0 atom stereocenters. The molecule has 1 aromatic rings. The van der Waals surface area contributed by atoms with Crippen molar-refractivity contribution in [2.75, 3.05) is 25.0 Å². The van der Waals surface area contributed by atoms with Gasteiger partial charge in [-0.15, -0.1) is 0 Å². The van der Waals surface area contributed by atoms with Crippen molar-refractivity contribution >= 4 is 11.9 Å². The molecule has 2 heterocycles. The molecule has 1 aliphatic heterocycles. The van der Waals surface area contributed by atoms with Crippen molar-refractivity contribution in [2.24, 2.45) is 5.41 Å². The molecule has 5 heteroatoms. The third-order valence-corrected chi connectivity index (χ3v) is 4.02. The van der Waals surface area contributed by atoms with Crippen molar-refractivity contribution in [3.8, 4) is 0 Å². The fraction of sp³-hybridized carbons (Fsp3) is 0.688. The van der Waals surface area contributed by atoms with E-state index in [1.807, 2.05) is 52.0 Å². The van der Waals surface area contributed by atoms with Crippen LogP contribution in [0.4, 0.5) is 5.95 Å². The monoisotopic (exact) mass is 290 g/mol. The minimum atomic E-state index is -0.314. The van der Waals surface area contributed by atoms with Gasteiger partial charge in [-0.25, -0.2) is 9.97 Å². The fourth-order valence-corrected chi connectivity index (χ4v) is 2.70. The summed E-state index contributed by atoms with van der Waals surface area (Å²) in [5.74, 6) is 1.01. The van der Waals surface area contributed by atoms with Crippen LogP contribution in [0, 0.1) is 12.3 Å². The molecule has 1 amide bonds. The molecular weight excluding hydrogens is 264 g/mol. The topological polar surface area (TPSA) is 49.3 Å². The van der Waals surface area contributed by atoms with Gasteiger partial charge in [0.1, 0.15) is 0 Å². The third kappa shape index (κ3) is 3.71. The largest absolute Gasteiger partial charge is 0.342 e. The zero-order valence-corrected chi connectivity index (χ0v) is 13.8. The van der Waals surface area contributed by atoms with Crippen LogP contribution in [0.25, 0.3) is 0 Å². The van der Waals surface area contributed by atoms with Crippen molar-refractivity contribution in [3.63, 3.8) is 0 Å². The molecule has 1 saturated heterocycles. The number of nitrogens with zero attached hydrogens (tertiary/aromatic N) is 4. The summed E-state index contributed by atoms with van der Waals surface area (Å²) >= 11 is 0. The number of hydrogen-bond donors (Lipinski definition) is 0. The van der Waals surface area contributed by atoms with Gasteiger partial charge in [0.05, 0.1) is 0 Å². The first-order valence-corrected chi connectivity index (χ1v) is 7.60. The summed E-state index contributed by atoms with van der Waals surface area (Å²) in [5.41, 5.74) is 0.760. The molecule has 0 bridgehead atoms. The van der Waals surface area contributed by atoms with Gasteiger partial charge < -0.3 is 9.80 Å². The highest BCUT2D eigenvalue weighted by atomic mass is 16.2. The second-order valence-corrected chi connectivity index (χ2v) is 6.94. The molecule has 2 rings (SSSR count). The van der Waals surface area contributed by atoms with Gasteiger partial charge in [-0.1, -0.05) is 20.8 Å². The maximum Gasteiger partial charge on any atom is 0.227 e. The lowest BCUT2D eigenvalue weighted by atomic mass is 9.93. The highest BCUT2D eigenvalue weighted by Crippen LogP contribution is 2.23. The molecule has 21 heavy (non-hydrogen) atoms. The second kappa shape index (κ2) is 6.00. The Kier molecular flexibility index (Phi) is 4.49. The van der Waals surface area contributed by atoms with Crippen LogP contribution < -0.4 is 4.90 Å². The molecule has 0 unspecified atom stereocenters. The Balaban J connectivity index is 1.94. The molecular formula is C16H26N4O. The van der Waals surface area contributed by atoms with Crippen LogP contribution in [-0.4, -0.2) is 47.0 Å². The Hall–Kier alpha value is -1.65. The lowest BCUT2D eigenvalue weighted by molar-refractivity contribution is -0.140. The molecule has 0 N–H and O–H groups in total. The molecule has 116 valence electrons. The van der Waals surface area contributed by atoms with E-state index in [2.05, 4.69) is 14.9 Å². The van der Waals surface area contributed by atoms with E-state index in [4.69, 9.17) is 0 Å². The van der Waals surface area contributed by atoms with Gasteiger partial charge in [0.15, 0.2) is 0 Å². The molecule has 0 radical (unpaired) electrons. The number of piperidine rings is 1. The lowest BCUT2D eigenvalue weighted by Crippen LogP contribution is -2.49. The predicted molar refractivity (Wildman–Crippen MR) is 84.2 cm³/mol. The maximum atomic E-state index is 12.3. The molecule has 0 spiro atoms. The summed E-state index contributed by atoms with van der Waals surface area (Å²) in [6.07, 6.45) is 5.64. The van der Waals surface area contributed by atoms with E-state index < -0.39 is 0 Å². The van der Waals surface area contributed by atoms with E-state index in [0.29, 0.717) is 6.04 Å². The van der Waals surface area contributed by atoms with E-state index in [1.165, 1.54) is 0 Å². The maximum absolute atomic E-state index is 12.3. The Labute approximate surface area is 127 Å². The molecule has 0 saturated carbocycles. The van der Waals surface area contributed by atoms with Crippen molar-refractivity contribution in [2.45, 2.75) is 46.6 Å². The molecule has 1 aromatic heterocycles. The van der Waals surface area contributed by atoms with E-state index >= 15 is 0 Å². The SMILES string of the molecule is Cc1cnc(N2CCC(N(C)C(=O)C(C)(C)C)CC2)nc1. The summed E-state index contributed by atoms with van der Waals surface area (Å²) in [5, 5.41) is 0. The normalized spacial score (nSPS) is 16.9. The molecule has 5 nitrogen and oxygen atoms in total. The van der Waals surface area contributed by atoms with Gasteiger partial charge in [0.25, 0.3) is 0 Å². The van der Waals surface area contributed by atoms with Crippen molar-refractivity contribution in [1.82, 2.24) is 14.9 Å². The van der Waals surface area contributed by atoms with Crippen LogP contribution >= 0.6 is 0 Å². The summed E-state index contributed by atoms with van der Waals surface area (Å²) in [6, 6.07) is 0.318. The fourth-order valence-electron chi connectivity index (χ4n) is 2.70. The molecule has 1 aliphatic rings. The average Bonchev–Trinajstić information content (AvgIpc) is 2.46. The molecule has 0 aromatic carbocycles. The molecule has 0 aliphatic carbocycles. The first kappa shape index (κ1) is 15.7. The van der Waals surface area contributed by atoms with Gasteiger partial charge in [-0.2, -0.15) is 0 Å². The zero-order valence-electron chi connectivity index (χ0n) is 13.8. The highest BCUT2D eigenvalue weighted by molar-refractivity contribution is 5.81. The Morgan fingerprint density at radius 3 is 2.24 bits per heavy atom. The summed E-state index contributed by atoms with van der Waals surface area (Å²) < 4.78 is 0. The van der Waals surface area contributed by atoms with Crippen molar-refractivity contribution in [1.29, 1.82) is 0 Å². The first-order valence-electron chi connectivity index (χ1n) is 7.60. The van der Waals surface area contributed by atoms with Crippen LogP contribution in [0.2, 0.25) is 0 Å². The standard InChI is InChI=1S/C16H26N4O/c1-12-10-17-15(18-11-12)20-8-6-13(7-9-20)19(5)14(21)16(2,3)4/h10-11,13H,6-9H2,1-5H3. The van der Waals surface area contributed by atoms with Crippen molar-refractivity contribution in [3.05, 3.63) is 18.0 Å². The van der Waals surface area contributed by atoms with Crippen molar-refractivity contribution < 1.29 is 4.79 Å². The van der Waals surface area contributed by atoms with Gasteiger partial charge in [0.2, 0.25) is 11.9 Å². The third-order valence-electron chi connectivity index (χ3n) is 4.02. The van der Waals surface area contributed by atoms with Crippen LogP contribution in [0.1, 0.15) is 39.2 Å². The Morgan fingerprint density at radius 2 is 1.76 bits per heavy atom. The van der Waals surface area contributed by atoms with E-state index in [0.717, 1.165) is 37.4 Å². The number of hydrogen-bond acceptors (Lipinski definition) is 4. The average molecular weight is 290 g/mol. The number of anilines is 1. The Morgan fingerprint density at radius 1 is 1.24 bits per heavy atom.